The summed E-state index contributed by atoms with van der Waals surface area (Å²) in [5, 5.41) is 0. The summed E-state index contributed by atoms with van der Waals surface area (Å²) >= 11 is 6.76. The Morgan fingerprint density at radius 1 is 1.12 bits per heavy atom. The quantitative estimate of drug-likeness (QED) is 0.599. The lowest BCUT2D eigenvalue weighted by Gasteiger charge is -2.14. The topological polar surface area (TPSA) is 23.6 Å². The van der Waals surface area contributed by atoms with E-state index in [-0.39, 0.29) is 5.91 Å². The van der Waals surface area contributed by atoms with E-state index in [1.54, 1.807) is 4.90 Å². The molecule has 0 aliphatic carbocycles. The number of thioether (sulfide) groups is 1. The number of nitrogens with zero attached hydrogens (tertiary/aromatic N) is 2. The molecular formula is C19H18N2OS2. The first-order valence-corrected chi connectivity index (χ1v) is 8.80. The van der Waals surface area contributed by atoms with Crippen molar-refractivity contribution in [3.05, 3.63) is 64.6 Å². The molecule has 0 saturated carbocycles. The van der Waals surface area contributed by atoms with E-state index in [9.17, 15) is 4.79 Å². The van der Waals surface area contributed by atoms with Gasteiger partial charge in [0, 0.05) is 19.8 Å². The number of thiocarbonyl (C=S) groups is 1. The first-order chi connectivity index (χ1) is 11.5. The number of hydrogen-bond acceptors (Lipinski definition) is 4. The lowest BCUT2D eigenvalue weighted by Crippen LogP contribution is -2.27. The molecule has 1 fully saturated rings. The van der Waals surface area contributed by atoms with Gasteiger partial charge in [0.2, 0.25) is 0 Å². The number of carbonyl (C=O) groups is 1. The van der Waals surface area contributed by atoms with Gasteiger partial charge in [0.15, 0.2) is 4.32 Å². The molecule has 24 heavy (non-hydrogen) atoms. The van der Waals surface area contributed by atoms with Gasteiger partial charge in [-0.25, -0.2) is 0 Å². The van der Waals surface area contributed by atoms with Crippen molar-refractivity contribution in [3.63, 3.8) is 0 Å². The largest absolute Gasteiger partial charge is 0.378 e. The van der Waals surface area contributed by atoms with E-state index >= 15 is 0 Å². The van der Waals surface area contributed by atoms with Gasteiger partial charge in [0.05, 0.1) is 10.6 Å². The van der Waals surface area contributed by atoms with Crippen molar-refractivity contribution in [2.24, 2.45) is 0 Å². The fourth-order valence-electron chi connectivity index (χ4n) is 2.48. The second-order valence-corrected chi connectivity index (χ2v) is 7.52. The number of benzene rings is 2. The van der Waals surface area contributed by atoms with Crippen LogP contribution < -0.4 is 9.80 Å². The van der Waals surface area contributed by atoms with Gasteiger partial charge in [-0.1, -0.05) is 48.2 Å². The highest BCUT2D eigenvalue weighted by atomic mass is 32.2. The van der Waals surface area contributed by atoms with Crippen LogP contribution in [-0.2, 0) is 4.79 Å². The fourth-order valence-corrected chi connectivity index (χ4v) is 3.78. The van der Waals surface area contributed by atoms with Crippen molar-refractivity contribution < 1.29 is 4.79 Å². The summed E-state index contributed by atoms with van der Waals surface area (Å²) in [4.78, 5) is 17.0. The van der Waals surface area contributed by atoms with Crippen molar-refractivity contribution in [3.8, 4) is 0 Å². The summed E-state index contributed by atoms with van der Waals surface area (Å²) in [6.07, 6.45) is 1.90. The van der Waals surface area contributed by atoms with Crippen molar-refractivity contribution in [1.82, 2.24) is 0 Å². The molecule has 0 spiro atoms. The monoisotopic (exact) mass is 354 g/mol. The number of aryl methyl sites for hydroxylation is 1. The summed E-state index contributed by atoms with van der Waals surface area (Å²) in [5.41, 5.74) is 4.04. The summed E-state index contributed by atoms with van der Waals surface area (Å²) in [7, 11) is 4.00. The van der Waals surface area contributed by atoms with Crippen LogP contribution in [0.3, 0.4) is 0 Å². The van der Waals surface area contributed by atoms with E-state index in [0.29, 0.717) is 9.23 Å². The van der Waals surface area contributed by atoms with E-state index in [0.717, 1.165) is 22.5 Å². The third kappa shape index (κ3) is 3.37. The van der Waals surface area contributed by atoms with Crippen molar-refractivity contribution in [1.29, 1.82) is 0 Å². The van der Waals surface area contributed by atoms with Crippen molar-refractivity contribution >= 4 is 51.7 Å². The van der Waals surface area contributed by atoms with Gasteiger partial charge < -0.3 is 4.90 Å². The Kier molecular flexibility index (Phi) is 4.73. The second-order valence-electron chi connectivity index (χ2n) is 5.84. The molecule has 122 valence electrons. The van der Waals surface area contributed by atoms with Crippen LogP contribution in [0.15, 0.2) is 53.4 Å². The first kappa shape index (κ1) is 16.7. The molecule has 3 nitrogen and oxygen atoms in total. The van der Waals surface area contributed by atoms with Crippen LogP contribution >= 0.6 is 24.0 Å². The van der Waals surface area contributed by atoms with E-state index < -0.39 is 0 Å². The molecule has 0 atom stereocenters. The lowest BCUT2D eigenvalue weighted by molar-refractivity contribution is -0.113. The molecule has 0 radical (unpaired) electrons. The normalized spacial score (nSPS) is 16.1. The standard InChI is InChI=1S/C19H18N2OS2/c1-13-5-4-6-16(11-13)21-18(22)17(24-19(21)23)12-14-7-9-15(10-8-14)20(2)3/h4-12H,1-3H3/b17-12+. The molecule has 0 N–H and O–H groups in total. The van der Waals surface area contributed by atoms with Gasteiger partial charge in [-0.05, 0) is 48.4 Å². The van der Waals surface area contributed by atoms with Crippen molar-refractivity contribution in [2.45, 2.75) is 6.92 Å². The van der Waals surface area contributed by atoms with Crippen LogP contribution in [0.4, 0.5) is 11.4 Å². The Labute approximate surface area is 152 Å². The summed E-state index contributed by atoms with van der Waals surface area (Å²) in [6.45, 7) is 2.00. The van der Waals surface area contributed by atoms with Crippen LogP contribution in [0.1, 0.15) is 11.1 Å². The number of amides is 1. The maximum atomic E-state index is 12.7. The van der Waals surface area contributed by atoms with E-state index in [2.05, 4.69) is 0 Å². The molecule has 1 saturated heterocycles. The van der Waals surface area contributed by atoms with E-state index in [1.807, 2.05) is 80.5 Å². The lowest BCUT2D eigenvalue weighted by atomic mass is 10.1. The van der Waals surface area contributed by atoms with Gasteiger partial charge >= 0.3 is 0 Å². The van der Waals surface area contributed by atoms with Gasteiger partial charge in [-0.2, -0.15) is 0 Å². The Morgan fingerprint density at radius 3 is 2.46 bits per heavy atom. The summed E-state index contributed by atoms with van der Waals surface area (Å²) < 4.78 is 0.571. The highest BCUT2D eigenvalue weighted by Crippen LogP contribution is 2.36. The Hall–Kier alpha value is -2.11. The van der Waals surface area contributed by atoms with Crippen LogP contribution in [0, 0.1) is 6.92 Å². The van der Waals surface area contributed by atoms with Crippen LogP contribution in [0.25, 0.3) is 6.08 Å². The molecule has 2 aromatic carbocycles. The van der Waals surface area contributed by atoms with E-state index in [1.165, 1.54) is 11.8 Å². The van der Waals surface area contributed by atoms with E-state index in [4.69, 9.17) is 12.2 Å². The first-order valence-electron chi connectivity index (χ1n) is 7.58. The number of hydrogen-bond donors (Lipinski definition) is 0. The molecule has 0 aromatic heterocycles. The predicted octanol–water partition coefficient (Wildman–Crippen LogP) is 4.47. The minimum atomic E-state index is -0.0627. The summed E-state index contributed by atoms with van der Waals surface area (Å²) in [6, 6.07) is 15.9. The zero-order valence-corrected chi connectivity index (χ0v) is 15.4. The molecule has 1 aliphatic rings. The molecular weight excluding hydrogens is 336 g/mol. The third-order valence-corrected chi connectivity index (χ3v) is 5.06. The zero-order valence-electron chi connectivity index (χ0n) is 13.8. The molecule has 0 bridgehead atoms. The highest BCUT2D eigenvalue weighted by molar-refractivity contribution is 8.27. The summed E-state index contributed by atoms with van der Waals surface area (Å²) in [5.74, 6) is -0.0627. The minimum Gasteiger partial charge on any atom is -0.378 e. The molecule has 1 aliphatic heterocycles. The number of carbonyl (C=O) groups excluding carboxylic acids is 1. The Balaban J connectivity index is 1.88. The minimum absolute atomic E-state index is 0.0627. The zero-order chi connectivity index (χ0) is 17.3. The molecule has 0 unspecified atom stereocenters. The van der Waals surface area contributed by atoms with Gasteiger partial charge in [-0.15, -0.1) is 0 Å². The highest BCUT2D eigenvalue weighted by Gasteiger charge is 2.33. The average Bonchev–Trinajstić information content (AvgIpc) is 2.82. The van der Waals surface area contributed by atoms with Crippen LogP contribution in [0.2, 0.25) is 0 Å². The Bertz CT molecular complexity index is 826. The molecule has 1 amide bonds. The number of anilines is 2. The average molecular weight is 355 g/mol. The fraction of sp³-hybridized carbons (Fsp3) is 0.158. The smallest absolute Gasteiger partial charge is 0.270 e. The maximum absolute atomic E-state index is 12.7. The van der Waals surface area contributed by atoms with Crippen LogP contribution in [0.5, 0.6) is 0 Å². The molecule has 3 rings (SSSR count). The SMILES string of the molecule is Cc1cccc(N2C(=O)/C(=C\c3ccc(N(C)C)cc3)SC2=S)c1. The van der Waals surface area contributed by atoms with Gasteiger partial charge in [-0.3, -0.25) is 9.69 Å². The van der Waals surface area contributed by atoms with Crippen molar-refractivity contribution in [2.75, 3.05) is 23.9 Å². The molecule has 2 aromatic rings. The maximum Gasteiger partial charge on any atom is 0.270 e. The predicted molar refractivity (Wildman–Crippen MR) is 108 cm³/mol. The van der Waals surface area contributed by atoms with Crippen LogP contribution in [-0.4, -0.2) is 24.3 Å². The van der Waals surface area contributed by atoms with Gasteiger partial charge in [0.1, 0.15) is 0 Å². The third-order valence-electron chi connectivity index (χ3n) is 3.76. The van der Waals surface area contributed by atoms with Gasteiger partial charge in [0.25, 0.3) is 5.91 Å². The molecule has 5 heteroatoms. The number of rotatable bonds is 3. The second kappa shape index (κ2) is 6.79. The Morgan fingerprint density at radius 2 is 1.83 bits per heavy atom. The molecule has 1 heterocycles.